The average molecular weight is 615 g/mol. The summed E-state index contributed by atoms with van der Waals surface area (Å²) in [6, 6.07) is 23.2. The average Bonchev–Trinajstić information content (AvgIpc) is 3.95. The summed E-state index contributed by atoms with van der Waals surface area (Å²) in [5.74, 6) is 6.00. The highest BCUT2D eigenvalue weighted by molar-refractivity contribution is 5.86. The van der Waals surface area contributed by atoms with E-state index in [0.29, 0.717) is 23.9 Å². The summed E-state index contributed by atoms with van der Waals surface area (Å²) in [6.45, 7) is 1.83. The molecule has 0 aliphatic heterocycles. The predicted octanol–water partition coefficient (Wildman–Crippen LogP) is 8.01. The minimum atomic E-state index is 0.510. The molecule has 4 aliphatic rings. The smallest absolute Gasteiger partial charge is 0.119 e. The molecule has 6 nitrogen and oxygen atoms in total. The van der Waals surface area contributed by atoms with Crippen molar-refractivity contribution >= 4 is 21.8 Å². The van der Waals surface area contributed by atoms with Crippen molar-refractivity contribution in [3.8, 4) is 11.5 Å². The molecule has 4 bridgehead atoms. The van der Waals surface area contributed by atoms with Crippen molar-refractivity contribution < 1.29 is 9.47 Å². The van der Waals surface area contributed by atoms with Gasteiger partial charge in [-0.15, -0.1) is 0 Å². The number of H-pyrrole nitrogens is 2. The molecule has 0 saturated heterocycles. The van der Waals surface area contributed by atoms with Crippen LogP contribution in [0.5, 0.6) is 11.5 Å². The number of methoxy groups -OCH3 is 2. The number of aromatic amines is 2. The van der Waals surface area contributed by atoms with Crippen LogP contribution in [-0.2, 0) is 13.1 Å². The van der Waals surface area contributed by atoms with Gasteiger partial charge in [0.05, 0.1) is 14.2 Å². The van der Waals surface area contributed by atoms with Gasteiger partial charge in [0.15, 0.2) is 0 Å². The quantitative estimate of drug-likeness (QED) is 0.129. The molecule has 2 heterocycles. The summed E-state index contributed by atoms with van der Waals surface area (Å²) in [5.41, 5.74) is 8.11. The van der Waals surface area contributed by atoms with Crippen LogP contribution in [0.3, 0.4) is 0 Å². The first-order valence-corrected chi connectivity index (χ1v) is 17.5. The van der Waals surface area contributed by atoms with Gasteiger partial charge in [-0.3, -0.25) is 0 Å². The maximum atomic E-state index is 5.59. The molecule has 4 fully saturated rings. The Bertz CT molecular complexity index is 1740. The lowest BCUT2D eigenvalue weighted by Crippen LogP contribution is -2.39. The number of hydrogen-bond acceptors (Lipinski definition) is 4. The number of ether oxygens (including phenoxy) is 2. The molecule has 9 rings (SSSR count). The molecule has 4 N–H and O–H groups in total. The Morgan fingerprint density at radius 3 is 1.57 bits per heavy atom. The van der Waals surface area contributed by atoms with Gasteiger partial charge in [-0.1, -0.05) is 24.3 Å². The number of aromatic nitrogens is 2. The molecule has 6 heteroatoms. The van der Waals surface area contributed by atoms with E-state index in [2.05, 4.69) is 93.7 Å². The summed E-state index contributed by atoms with van der Waals surface area (Å²) >= 11 is 0. The lowest BCUT2D eigenvalue weighted by Gasteiger charge is -2.32. The molecular formula is C40H46N4O2. The molecule has 238 valence electrons. The zero-order valence-electron chi connectivity index (χ0n) is 27.0. The van der Waals surface area contributed by atoms with E-state index in [1.165, 1.54) is 82.6 Å². The zero-order chi connectivity index (χ0) is 30.8. The van der Waals surface area contributed by atoms with Crippen LogP contribution in [0.4, 0.5) is 0 Å². The highest BCUT2D eigenvalue weighted by Crippen LogP contribution is 2.55. The second-order valence-corrected chi connectivity index (χ2v) is 14.7. The molecular weight excluding hydrogens is 568 g/mol. The van der Waals surface area contributed by atoms with Gasteiger partial charge in [0, 0.05) is 71.2 Å². The van der Waals surface area contributed by atoms with Gasteiger partial charge in [-0.05, 0) is 121 Å². The fraction of sp³-hybridized carbons (Fsp3) is 0.450. The fourth-order valence-corrected chi connectivity index (χ4v) is 10.4. The highest BCUT2D eigenvalue weighted by Gasteiger charge is 2.49. The maximum absolute atomic E-state index is 5.59. The molecule has 3 aromatic carbocycles. The van der Waals surface area contributed by atoms with Gasteiger partial charge < -0.3 is 30.1 Å². The Labute approximate surface area is 271 Å². The molecule has 0 radical (unpaired) electrons. The molecule has 46 heavy (non-hydrogen) atoms. The van der Waals surface area contributed by atoms with Gasteiger partial charge in [-0.25, -0.2) is 0 Å². The molecule has 0 spiro atoms. The maximum Gasteiger partial charge on any atom is 0.119 e. The summed E-state index contributed by atoms with van der Waals surface area (Å²) in [6.07, 6.45) is 12.6. The van der Waals surface area contributed by atoms with Crippen LogP contribution in [0.2, 0.25) is 0 Å². The van der Waals surface area contributed by atoms with Gasteiger partial charge in [0.1, 0.15) is 11.5 Å². The number of benzene rings is 3. The number of rotatable bonds is 10. The summed E-state index contributed by atoms with van der Waals surface area (Å²) < 4.78 is 11.2. The summed E-state index contributed by atoms with van der Waals surface area (Å²) in [7, 11) is 3.52. The minimum Gasteiger partial charge on any atom is -0.497 e. The van der Waals surface area contributed by atoms with Crippen LogP contribution in [0, 0.1) is 23.7 Å². The van der Waals surface area contributed by atoms with Crippen LogP contribution in [0.25, 0.3) is 21.8 Å². The van der Waals surface area contributed by atoms with Crippen molar-refractivity contribution in [2.75, 3.05) is 14.2 Å². The predicted molar refractivity (Wildman–Crippen MR) is 185 cm³/mol. The second kappa shape index (κ2) is 11.5. The zero-order valence-corrected chi connectivity index (χ0v) is 27.0. The van der Waals surface area contributed by atoms with E-state index >= 15 is 0 Å². The van der Waals surface area contributed by atoms with Gasteiger partial charge in [0.25, 0.3) is 0 Å². The topological polar surface area (TPSA) is 74.1 Å². The van der Waals surface area contributed by atoms with Crippen molar-refractivity contribution in [1.82, 2.24) is 20.6 Å². The molecule has 0 unspecified atom stereocenters. The Kier molecular flexibility index (Phi) is 7.12. The fourth-order valence-electron chi connectivity index (χ4n) is 10.4. The van der Waals surface area contributed by atoms with E-state index in [4.69, 9.17) is 9.47 Å². The van der Waals surface area contributed by atoms with Crippen molar-refractivity contribution in [2.45, 2.75) is 75.5 Å². The van der Waals surface area contributed by atoms with Gasteiger partial charge in [0.2, 0.25) is 0 Å². The standard InChI is InChI=1S/C40H46N4O2/c1-45-29-10-12-35-31(17-29)33(21-41-35)37-25-6-8-27(15-25)39(37)43-19-23-4-3-5-24(14-23)20-44-40-28-9-7-26(16-28)38(40)34-22-42-36-13-11-30(46-2)18-32(34)36/h3-5,10-14,17-18,21-22,25-28,37-44H,6-9,15-16,19-20H2,1-2H3/t25-,26+,27+,28-,37+,38-,39-,40+. The van der Waals surface area contributed by atoms with E-state index in [9.17, 15) is 0 Å². The summed E-state index contributed by atoms with van der Waals surface area (Å²) in [4.78, 5) is 7.11. The molecule has 0 amide bonds. The Morgan fingerprint density at radius 1 is 0.609 bits per heavy atom. The largest absolute Gasteiger partial charge is 0.497 e. The first-order chi connectivity index (χ1) is 22.7. The third-order valence-electron chi connectivity index (χ3n) is 12.5. The van der Waals surface area contributed by atoms with E-state index in [1.807, 2.05) is 0 Å². The van der Waals surface area contributed by atoms with Gasteiger partial charge >= 0.3 is 0 Å². The van der Waals surface area contributed by atoms with E-state index < -0.39 is 0 Å². The van der Waals surface area contributed by atoms with Crippen LogP contribution in [0.15, 0.2) is 73.1 Å². The molecule has 4 aliphatic carbocycles. The molecule has 4 saturated carbocycles. The van der Waals surface area contributed by atoms with Crippen LogP contribution >= 0.6 is 0 Å². The number of nitrogens with one attached hydrogen (secondary N) is 4. The second-order valence-electron chi connectivity index (χ2n) is 14.7. The van der Waals surface area contributed by atoms with Crippen LogP contribution in [0.1, 0.15) is 72.6 Å². The number of fused-ring (bicyclic) bond motifs is 6. The van der Waals surface area contributed by atoms with Crippen molar-refractivity contribution in [3.05, 3.63) is 95.3 Å². The first kappa shape index (κ1) is 28.5. The monoisotopic (exact) mass is 614 g/mol. The first-order valence-electron chi connectivity index (χ1n) is 17.5. The van der Waals surface area contributed by atoms with Crippen molar-refractivity contribution in [3.63, 3.8) is 0 Å². The van der Waals surface area contributed by atoms with Gasteiger partial charge in [-0.2, -0.15) is 0 Å². The van der Waals surface area contributed by atoms with Crippen molar-refractivity contribution in [1.29, 1.82) is 0 Å². The summed E-state index contributed by atoms with van der Waals surface area (Å²) in [5, 5.41) is 10.8. The SMILES string of the molecule is COc1ccc2[nH]cc([C@@H]3[C@@H]4CC[C@@H](C4)[C@H]3NCc3cccc(CN[C@H]4[C@@H]5CC[C@@H](C5)[C@@H]4c4c[nH]c5ccc(OC)cc45)c3)c2c1. The minimum absolute atomic E-state index is 0.510. The highest BCUT2D eigenvalue weighted by atomic mass is 16.5. The van der Waals surface area contributed by atoms with Crippen LogP contribution in [-0.4, -0.2) is 36.3 Å². The molecule has 5 aromatic rings. The number of hydrogen-bond donors (Lipinski definition) is 4. The Morgan fingerprint density at radius 2 is 1.09 bits per heavy atom. The lowest BCUT2D eigenvalue weighted by molar-refractivity contribution is 0.309. The van der Waals surface area contributed by atoms with E-state index in [0.717, 1.165) is 48.3 Å². The molecule has 2 aromatic heterocycles. The van der Waals surface area contributed by atoms with Crippen molar-refractivity contribution in [2.24, 2.45) is 23.7 Å². The molecule has 8 atom stereocenters. The Balaban J connectivity index is 0.904. The van der Waals surface area contributed by atoms with Crippen LogP contribution < -0.4 is 20.1 Å². The van der Waals surface area contributed by atoms with E-state index in [1.54, 1.807) is 14.2 Å². The lowest BCUT2D eigenvalue weighted by atomic mass is 9.79. The van der Waals surface area contributed by atoms with E-state index in [-0.39, 0.29) is 0 Å². The third kappa shape index (κ3) is 4.75. The Hall–Kier alpha value is -3.74. The third-order valence-corrected chi connectivity index (χ3v) is 12.5. The normalized spacial score (nSPS) is 29.8.